The molecule has 0 saturated heterocycles. The van der Waals surface area contributed by atoms with Crippen LogP contribution in [0.25, 0.3) is 0 Å². The van der Waals surface area contributed by atoms with Crippen molar-refractivity contribution < 1.29 is 9.53 Å². The molecule has 4 heteroatoms. The summed E-state index contributed by atoms with van der Waals surface area (Å²) in [6, 6.07) is 11.2. The molecule has 2 rings (SSSR count). The standard InChI is InChI=1S/C19H20ClNO2/c1-3-13-5-6-14(4-2)19(9-13)23-12-15-10-16(20)7-8-17(15)18(22)11-21/h5-11,21H,3-4,12H2,1-2H3. The van der Waals surface area contributed by atoms with E-state index in [1.165, 1.54) is 5.56 Å². The van der Waals surface area contributed by atoms with Crippen molar-refractivity contribution in [3.05, 3.63) is 63.7 Å². The minimum atomic E-state index is -0.349. The van der Waals surface area contributed by atoms with Crippen LogP contribution in [0.5, 0.6) is 5.75 Å². The summed E-state index contributed by atoms with van der Waals surface area (Å²) in [6.45, 7) is 4.43. The molecule has 3 nitrogen and oxygen atoms in total. The van der Waals surface area contributed by atoms with E-state index in [-0.39, 0.29) is 12.4 Å². The van der Waals surface area contributed by atoms with Crippen molar-refractivity contribution in [2.24, 2.45) is 0 Å². The van der Waals surface area contributed by atoms with Gasteiger partial charge in [0.15, 0.2) is 0 Å². The van der Waals surface area contributed by atoms with Gasteiger partial charge in [-0.1, -0.05) is 37.6 Å². The van der Waals surface area contributed by atoms with Crippen LogP contribution in [0.2, 0.25) is 5.02 Å². The maximum Gasteiger partial charge on any atom is 0.203 e. The van der Waals surface area contributed by atoms with Gasteiger partial charge in [-0.15, -0.1) is 0 Å². The lowest BCUT2D eigenvalue weighted by molar-refractivity contribution is 0.106. The smallest absolute Gasteiger partial charge is 0.203 e. The molecule has 0 fully saturated rings. The van der Waals surface area contributed by atoms with Crippen LogP contribution in [0.1, 0.15) is 40.9 Å². The number of carbonyl (C=O) groups excluding carboxylic acids is 1. The van der Waals surface area contributed by atoms with E-state index in [9.17, 15) is 4.79 Å². The van der Waals surface area contributed by atoms with Crippen LogP contribution in [0.15, 0.2) is 36.4 Å². The first-order valence-electron chi connectivity index (χ1n) is 7.66. The predicted octanol–water partition coefficient (Wildman–Crippen LogP) is 4.88. The van der Waals surface area contributed by atoms with Gasteiger partial charge in [0.25, 0.3) is 0 Å². The Kier molecular flexibility index (Phi) is 5.94. The van der Waals surface area contributed by atoms with Crippen molar-refractivity contribution in [2.45, 2.75) is 33.3 Å². The second kappa shape index (κ2) is 7.93. The van der Waals surface area contributed by atoms with Crippen molar-refractivity contribution in [3.63, 3.8) is 0 Å². The van der Waals surface area contributed by atoms with E-state index in [0.717, 1.165) is 30.4 Å². The average Bonchev–Trinajstić information content (AvgIpc) is 2.59. The van der Waals surface area contributed by atoms with Crippen LogP contribution in [-0.4, -0.2) is 12.0 Å². The molecule has 0 aliphatic rings. The quantitative estimate of drug-likeness (QED) is 0.581. The number of ketones is 1. The molecule has 23 heavy (non-hydrogen) atoms. The van der Waals surface area contributed by atoms with Gasteiger partial charge in [0.05, 0.1) is 6.21 Å². The number of benzene rings is 2. The predicted molar refractivity (Wildman–Crippen MR) is 94.1 cm³/mol. The van der Waals surface area contributed by atoms with E-state index in [1.807, 2.05) is 6.07 Å². The van der Waals surface area contributed by atoms with Crippen molar-refractivity contribution in [1.29, 1.82) is 5.41 Å². The molecule has 0 aliphatic carbocycles. The van der Waals surface area contributed by atoms with Gasteiger partial charge in [0, 0.05) is 16.1 Å². The lowest BCUT2D eigenvalue weighted by Gasteiger charge is -2.14. The topological polar surface area (TPSA) is 50.2 Å². The number of ether oxygens (including phenoxy) is 1. The third-order valence-electron chi connectivity index (χ3n) is 3.77. The van der Waals surface area contributed by atoms with E-state index in [0.29, 0.717) is 16.1 Å². The molecule has 2 aromatic carbocycles. The zero-order chi connectivity index (χ0) is 16.8. The number of hydrogen-bond donors (Lipinski definition) is 1. The van der Waals surface area contributed by atoms with Crippen LogP contribution >= 0.6 is 11.6 Å². The normalized spacial score (nSPS) is 10.4. The third-order valence-corrected chi connectivity index (χ3v) is 4.00. The third kappa shape index (κ3) is 4.20. The molecular formula is C19H20ClNO2. The number of Topliss-reactive ketones (excluding diaryl/α,β-unsaturated/α-hetero) is 1. The number of nitrogens with one attached hydrogen (secondary N) is 1. The first-order chi connectivity index (χ1) is 11.1. The highest BCUT2D eigenvalue weighted by atomic mass is 35.5. The largest absolute Gasteiger partial charge is 0.489 e. The van der Waals surface area contributed by atoms with Gasteiger partial charge >= 0.3 is 0 Å². The Morgan fingerprint density at radius 2 is 1.91 bits per heavy atom. The molecule has 0 saturated carbocycles. The molecule has 0 bridgehead atoms. The molecule has 0 aromatic heterocycles. The van der Waals surface area contributed by atoms with Crippen LogP contribution < -0.4 is 4.74 Å². The Morgan fingerprint density at radius 1 is 1.13 bits per heavy atom. The number of hydrogen-bond acceptors (Lipinski definition) is 3. The Bertz CT molecular complexity index is 725. The summed E-state index contributed by atoms with van der Waals surface area (Å²) >= 11 is 6.03. The highest BCUT2D eigenvalue weighted by molar-refractivity contribution is 6.35. The van der Waals surface area contributed by atoms with E-state index in [1.54, 1.807) is 18.2 Å². The number of carbonyl (C=O) groups is 1. The minimum Gasteiger partial charge on any atom is -0.489 e. The molecule has 0 unspecified atom stereocenters. The average molecular weight is 330 g/mol. The van der Waals surface area contributed by atoms with Crippen LogP contribution in [0.4, 0.5) is 0 Å². The van der Waals surface area contributed by atoms with Gasteiger partial charge in [-0.3, -0.25) is 4.79 Å². The van der Waals surface area contributed by atoms with E-state index >= 15 is 0 Å². The van der Waals surface area contributed by atoms with Gasteiger partial charge < -0.3 is 10.1 Å². The lowest BCUT2D eigenvalue weighted by atomic mass is 10.0. The van der Waals surface area contributed by atoms with Gasteiger partial charge in [0.1, 0.15) is 12.4 Å². The van der Waals surface area contributed by atoms with E-state index < -0.39 is 0 Å². The Labute approximate surface area is 141 Å². The van der Waals surface area contributed by atoms with Crippen molar-refractivity contribution in [2.75, 3.05) is 0 Å². The fourth-order valence-electron chi connectivity index (χ4n) is 2.40. The first kappa shape index (κ1) is 17.2. The SMILES string of the molecule is CCc1ccc(CC)c(OCc2cc(Cl)ccc2C(=O)C=N)c1. The fourth-order valence-corrected chi connectivity index (χ4v) is 2.60. The van der Waals surface area contributed by atoms with Crippen LogP contribution in [-0.2, 0) is 19.4 Å². The first-order valence-corrected chi connectivity index (χ1v) is 8.04. The summed E-state index contributed by atoms with van der Waals surface area (Å²) in [5.41, 5.74) is 3.48. The fraction of sp³-hybridized carbons (Fsp3) is 0.263. The van der Waals surface area contributed by atoms with Crippen molar-refractivity contribution in [3.8, 4) is 5.75 Å². The van der Waals surface area contributed by atoms with Crippen molar-refractivity contribution >= 4 is 23.6 Å². The Hall–Kier alpha value is -2.13. The van der Waals surface area contributed by atoms with Gasteiger partial charge in [-0.2, -0.15) is 0 Å². The number of aryl methyl sites for hydroxylation is 2. The summed E-state index contributed by atoms with van der Waals surface area (Å²) in [7, 11) is 0. The molecule has 2 aromatic rings. The van der Waals surface area contributed by atoms with Gasteiger partial charge in [-0.05, 0) is 48.2 Å². The molecular weight excluding hydrogens is 310 g/mol. The summed E-state index contributed by atoms with van der Waals surface area (Å²) in [5, 5.41) is 7.71. The van der Waals surface area contributed by atoms with Gasteiger partial charge in [0.2, 0.25) is 5.78 Å². The maximum atomic E-state index is 11.8. The second-order valence-corrected chi connectivity index (χ2v) is 5.68. The zero-order valence-electron chi connectivity index (χ0n) is 13.4. The van der Waals surface area contributed by atoms with E-state index in [4.69, 9.17) is 21.7 Å². The molecule has 0 spiro atoms. The monoisotopic (exact) mass is 329 g/mol. The maximum absolute atomic E-state index is 11.8. The molecule has 0 radical (unpaired) electrons. The van der Waals surface area contributed by atoms with E-state index in [2.05, 4.69) is 26.0 Å². The number of rotatable bonds is 7. The molecule has 1 N–H and O–H groups in total. The van der Waals surface area contributed by atoms with Crippen LogP contribution in [0.3, 0.4) is 0 Å². The second-order valence-electron chi connectivity index (χ2n) is 5.25. The highest BCUT2D eigenvalue weighted by Gasteiger charge is 2.12. The Balaban J connectivity index is 2.29. The number of halogens is 1. The van der Waals surface area contributed by atoms with Crippen LogP contribution in [0, 0.1) is 5.41 Å². The molecule has 0 atom stereocenters. The van der Waals surface area contributed by atoms with Crippen molar-refractivity contribution in [1.82, 2.24) is 0 Å². The Morgan fingerprint density at radius 3 is 2.57 bits per heavy atom. The molecule has 0 amide bonds. The molecule has 0 aliphatic heterocycles. The minimum absolute atomic E-state index is 0.246. The summed E-state index contributed by atoms with van der Waals surface area (Å²) < 4.78 is 5.96. The summed E-state index contributed by atoms with van der Waals surface area (Å²) in [4.78, 5) is 11.8. The zero-order valence-corrected chi connectivity index (χ0v) is 14.1. The molecule has 0 heterocycles. The molecule has 120 valence electrons. The summed E-state index contributed by atoms with van der Waals surface area (Å²) in [6.07, 6.45) is 2.62. The highest BCUT2D eigenvalue weighted by Crippen LogP contribution is 2.24. The van der Waals surface area contributed by atoms with Gasteiger partial charge in [-0.25, -0.2) is 0 Å². The summed E-state index contributed by atoms with van der Waals surface area (Å²) in [5.74, 6) is 0.485. The lowest BCUT2D eigenvalue weighted by Crippen LogP contribution is -2.08.